The van der Waals surface area contributed by atoms with Gasteiger partial charge in [0.25, 0.3) is 11.8 Å². The first-order valence-electron chi connectivity index (χ1n) is 8.47. The van der Waals surface area contributed by atoms with Gasteiger partial charge in [-0.05, 0) is 30.7 Å². The second kappa shape index (κ2) is 7.89. The zero-order valence-corrected chi connectivity index (χ0v) is 16.8. The predicted molar refractivity (Wildman–Crippen MR) is 104 cm³/mol. The second-order valence-corrected chi connectivity index (χ2v) is 7.28. The normalized spacial score (nSPS) is 12.3. The summed E-state index contributed by atoms with van der Waals surface area (Å²) in [5.41, 5.74) is 0.975. The number of amides is 2. The van der Waals surface area contributed by atoms with E-state index >= 15 is 0 Å². The number of carbonyl (C=O) groups is 3. The molecule has 0 unspecified atom stereocenters. The molecule has 0 saturated carbocycles. The van der Waals surface area contributed by atoms with Gasteiger partial charge < -0.3 is 24.4 Å². The highest BCUT2D eigenvalue weighted by atomic mass is 32.1. The van der Waals surface area contributed by atoms with Crippen LogP contribution in [0.4, 0.5) is 5.00 Å². The van der Waals surface area contributed by atoms with Crippen LogP contribution in [0.2, 0.25) is 0 Å². The van der Waals surface area contributed by atoms with Gasteiger partial charge in [-0.2, -0.15) is 0 Å². The summed E-state index contributed by atoms with van der Waals surface area (Å²) < 4.78 is 15.8. The molecule has 0 fully saturated rings. The Bertz CT molecular complexity index is 950. The molecular formula is C19H20N2O6S. The number of hydrogen-bond acceptors (Lipinski definition) is 7. The van der Waals surface area contributed by atoms with Crippen molar-refractivity contribution < 1.29 is 28.6 Å². The average Bonchev–Trinajstić information content (AvgIpc) is 3.01. The molecule has 8 nitrogen and oxygen atoms in total. The number of esters is 1. The maximum absolute atomic E-state index is 12.7. The van der Waals surface area contributed by atoms with Gasteiger partial charge in [-0.15, -0.1) is 11.3 Å². The Morgan fingerprint density at radius 3 is 2.46 bits per heavy atom. The molecule has 28 heavy (non-hydrogen) atoms. The van der Waals surface area contributed by atoms with Gasteiger partial charge in [-0.1, -0.05) is 0 Å². The van der Waals surface area contributed by atoms with Gasteiger partial charge in [0.2, 0.25) is 0 Å². The number of methoxy groups -OCH3 is 1. The molecule has 3 rings (SSSR count). The van der Waals surface area contributed by atoms with E-state index in [-0.39, 0.29) is 16.5 Å². The average molecular weight is 404 g/mol. The van der Waals surface area contributed by atoms with Gasteiger partial charge in [0.05, 0.1) is 17.6 Å². The summed E-state index contributed by atoms with van der Waals surface area (Å²) in [5.74, 6) is -0.259. The minimum absolute atomic E-state index is 0.170. The lowest BCUT2D eigenvalue weighted by Gasteiger charge is -2.18. The third-order valence-electron chi connectivity index (χ3n) is 4.17. The van der Waals surface area contributed by atoms with Crippen molar-refractivity contribution in [2.45, 2.75) is 6.92 Å². The summed E-state index contributed by atoms with van der Waals surface area (Å²) in [7, 11) is 4.48. The largest absolute Gasteiger partial charge is 0.486 e. The molecule has 1 N–H and O–H groups in total. The Hall–Kier alpha value is -3.07. The minimum atomic E-state index is -0.621. The molecular weight excluding hydrogens is 384 g/mol. The summed E-state index contributed by atoms with van der Waals surface area (Å²) in [5, 5.41) is 2.97. The number of carbonyl (C=O) groups excluding carboxylic acids is 3. The van der Waals surface area contributed by atoms with Crippen LogP contribution in [0.3, 0.4) is 0 Å². The molecule has 0 aliphatic carbocycles. The van der Waals surface area contributed by atoms with Crippen molar-refractivity contribution in [2.75, 3.05) is 39.7 Å². The standard InChI is InChI=1S/C19H20N2O6S/c1-10-14(19(24)25-4)17(28-15(10)18(23)21(2)3)20-16(22)11-5-6-12-13(9-11)27-8-7-26-12/h5-6,9H,7-8H2,1-4H3,(H,20,22). The summed E-state index contributed by atoms with van der Waals surface area (Å²) in [6, 6.07) is 4.84. The Morgan fingerprint density at radius 1 is 1.14 bits per heavy atom. The van der Waals surface area contributed by atoms with Gasteiger partial charge in [-0.25, -0.2) is 4.79 Å². The van der Waals surface area contributed by atoms with Gasteiger partial charge in [0.15, 0.2) is 11.5 Å². The first-order valence-corrected chi connectivity index (χ1v) is 9.29. The molecule has 0 radical (unpaired) electrons. The fourth-order valence-corrected chi connectivity index (χ4v) is 3.93. The quantitative estimate of drug-likeness (QED) is 0.787. The molecule has 148 valence electrons. The molecule has 0 atom stereocenters. The van der Waals surface area contributed by atoms with Crippen LogP contribution in [0, 0.1) is 6.92 Å². The molecule has 0 spiro atoms. The molecule has 1 aromatic heterocycles. The molecule has 0 bridgehead atoms. The highest BCUT2D eigenvalue weighted by Crippen LogP contribution is 2.35. The van der Waals surface area contributed by atoms with E-state index in [1.807, 2.05) is 0 Å². The molecule has 1 aliphatic rings. The summed E-state index contributed by atoms with van der Waals surface area (Å²) in [6.07, 6.45) is 0. The minimum Gasteiger partial charge on any atom is -0.486 e. The predicted octanol–water partition coefficient (Wildman–Crippen LogP) is 2.57. The highest BCUT2D eigenvalue weighted by molar-refractivity contribution is 7.18. The lowest BCUT2D eigenvalue weighted by atomic mass is 10.1. The van der Waals surface area contributed by atoms with Crippen molar-refractivity contribution in [3.05, 3.63) is 39.8 Å². The summed E-state index contributed by atoms with van der Waals surface area (Å²) in [6.45, 7) is 2.52. The Kier molecular flexibility index (Phi) is 5.55. The number of rotatable bonds is 4. The Morgan fingerprint density at radius 2 is 1.82 bits per heavy atom. The molecule has 9 heteroatoms. The molecule has 1 aliphatic heterocycles. The van der Waals surface area contributed by atoms with Crippen LogP contribution in [0.15, 0.2) is 18.2 Å². The third-order valence-corrected chi connectivity index (χ3v) is 5.36. The van der Waals surface area contributed by atoms with Crippen molar-refractivity contribution >= 4 is 34.1 Å². The smallest absolute Gasteiger partial charge is 0.341 e. The van der Waals surface area contributed by atoms with E-state index in [2.05, 4.69) is 5.32 Å². The number of thiophene rings is 1. The van der Waals surface area contributed by atoms with Crippen LogP contribution in [0.25, 0.3) is 0 Å². The summed E-state index contributed by atoms with van der Waals surface area (Å²) >= 11 is 1.04. The first kappa shape index (κ1) is 19.7. The number of anilines is 1. The van der Waals surface area contributed by atoms with Crippen LogP contribution < -0.4 is 14.8 Å². The van der Waals surface area contributed by atoms with E-state index < -0.39 is 11.9 Å². The van der Waals surface area contributed by atoms with Crippen LogP contribution in [-0.2, 0) is 4.74 Å². The van der Waals surface area contributed by atoms with Crippen LogP contribution >= 0.6 is 11.3 Å². The van der Waals surface area contributed by atoms with Crippen molar-refractivity contribution in [3.63, 3.8) is 0 Å². The number of nitrogens with zero attached hydrogens (tertiary/aromatic N) is 1. The monoisotopic (exact) mass is 404 g/mol. The van der Waals surface area contributed by atoms with E-state index in [4.69, 9.17) is 14.2 Å². The van der Waals surface area contributed by atoms with Crippen LogP contribution in [0.1, 0.15) is 36.0 Å². The van der Waals surface area contributed by atoms with Crippen LogP contribution in [-0.4, -0.2) is 57.1 Å². The Balaban J connectivity index is 1.94. The second-order valence-electron chi connectivity index (χ2n) is 6.26. The van der Waals surface area contributed by atoms with E-state index in [9.17, 15) is 14.4 Å². The van der Waals surface area contributed by atoms with Crippen molar-refractivity contribution in [1.82, 2.24) is 4.90 Å². The Labute approximate surface area is 166 Å². The van der Waals surface area contributed by atoms with Gasteiger partial charge in [0.1, 0.15) is 18.2 Å². The number of benzene rings is 1. The highest BCUT2D eigenvalue weighted by Gasteiger charge is 2.27. The first-order chi connectivity index (χ1) is 13.3. The van der Waals surface area contributed by atoms with Crippen LogP contribution in [0.5, 0.6) is 11.5 Å². The molecule has 2 amide bonds. The molecule has 1 aromatic carbocycles. The lowest BCUT2D eigenvalue weighted by Crippen LogP contribution is -2.21. The third kappa shape index (κ3) is 3.65. The van der Waals surface area contributed by atoms with E-state index in [1.54, 1.807) is 39.2 Å². The fraction of sp³-hybridized carbons (Fsp3) is 0.316. The zero-order chi connectivity index (χ0) is 20.4. The summed E-state index contributed by atoms with van der Waals surface area (Å²) in [4.78, 5) is 39.2. The fourth-order valence-electron chi connectivity index (χ4n) is 2.72. The van der Waals surface area contributed by atoms with E-state index in [0.717, 1.165) is 11.3 Å². The van der Waals surface area contributed by atoms with Crippen molar-refractivity contribution in [2.24, 2.45) is 0 Å². The number of nitrogens with one attached hydrogen (secondary N) is 1. The van der Waals surface area contributed by atoms with Gasteiger partial charge >= 0.3 is 5.97 Å². The van der Waals surface area contributed by atoms with E-state index in [1.165, 1.54) is 12.0 Å². The number of ether oxygens (including phenoxy) is 3. The SMILES string of the molecule is COC(=O)c1c(NC(=O)c2ccc3c(c2)OCCO3)sc(C(=O)N(C)C)c1C. The molecule has 0 saturated heterocycles. The number of fused-ring (bicyclic) bond motifs is 1. The maximum Gasteiger partial charge on any atom is 0.341 e. The topological polar surface area (TPSA) is 94.2 Å². The molecule has 2 heterocycles. The lowest BCUT2D eigenvalue weighted by molar-refractivity contribution is 0.0601. The maximum atomic E-state index is 12.7. The van der Waals surface area contributed by atoms with E-state index in [0.29, 0.717) is 40.7 Å². The van der Waals surface area contributed by atoms with Crippen molar-refractivity contribution in [3.8, 4) is 11.5 Å². The van der Waals surface area contributed by atoms with Gasteiger partial charge in [0, 0.05) is 19.7 Å². The zero-order valence-electron chi connectivity index (χ0n) is 16.0. The molecule has 2 aromatic rings. The van der Waals surface area contributed by atoms with Gasteiger partial charge in [-0.3, -0.25) is 9.59 Å². The number of hydrogen-bond donors (Lipinski definition) is 1. The van der Waals surface area contributed by atoms with Crippen molar-refractivity contribution in [1.29, 1.82) is 0 Å².